The monoisotopic (exact) mass is 385 g/mol. The third kappa shape index (κ3) is 5.56. The van der Waals surface area contributed by atoms with E-state index in [9.17, 15) is 14.4 Å². The van der Waals surface area contributed by atoms with Gasteiger partial charge in [0.1, 0.15) is 0 Å². The van der Waals surface area contributed by atoms with Gasteiger partial charge in [-0.25, -0.2) is 10.2 Å². The van der Waals surface area contributed by atoms with Crippen LogP contribution < -0.4 is 20.2 Å². The molecule has 0 aliphatic carbocycles. The first kappa shape index (κ1) is 20.4. The number of carboxylic acids is 1. The second kappa shape index (κ2) is 9.72. The van der Waals surface area contributed by atoms with Crippen molar-refractivity contribution in [1.29, 1.82) is 0 Å². The molecule has 0 saturated carbocycles. The van der Waals surface area contributed by atoms with Crippen LogP contribution in [0.1, 0.15) is 26.3 Å². The molecule has 146 valence electrons. The zero-order chi connectivity index (χ0) is 20.5. The van der Waals surface area contributed by atoms with Gasteiger partial charge in [-0.15, -0.1) is 0 Å². The number of ether oxygens (including phenoxy) is 2. The molecule has 2 aromatic carbocycles. The Labute approximate surface area is 161 Å². The molecule has 0 aliphatic heterocycles. The maximum absolute atomic E-state index is 12.1. The highest BCUT2D eigenvalue weighted by Gasteiger charge is 2.11. The van der Waals surface area contributed by atoms with Crippen LogP contribution in [0.2, 0.25) is 0 Å². The fraction of sp³-hybridized carbons (Fsp3) is 0.158. The summed E-state index contributed by atoms with van der Waals surface area (Å²) in [5.74, 6) is -1.11. The molecule has 2 amide bonds. The molecule has 2 aromatic rings. The van der Waals surface area contributed by atoms with Crippen LogP contribution in [-0.2, 0) is 4.79 Å². The molecule has 0 heterocycles. The molecule has 28 heavy (non-hydrogen) atoms. The first-order chi connectivity index (χ1) is 13.4. The molecule has 9 nitrogen and oxygen atoms in total. The minimum atomic E-state index is -1.03. The Hall–Kier alpha value is -3.88. The zero-order valence-electron chi connectivity index (χ0n) is 15.3. The van der Waals surface area contributed by atoms with Crippen LogP contribution in [-0.4, -0.2) is 49.9 Å². The smallest absolute Gasteiger partial charge is 0.335 e. The van der Waals surface area contributed by atoms with Gasteiger partial charge in [0, 0.05) is 5.56 Å². The predicted molar refractivity (Wildman–Crippen MR) is 101 cm³/mol. The van der Waals surface area contributed by atoms with E-state index < -0.39 is 17.8 Å². The fourth-order valence-electron chi connectivity index (χ4n) is 2.17. The Bertz CT molecular complexity index is 893. The van der Waals surface area contributed by atoms with Gasteiger partial charge in [0.2, 0.25) is 0 Å². The molecule has 3 N–H and O–H groups in total. The van der Waals surface area contributed by atoms with Gasteiger partial charge in [0.25, 0.3) is 11.8 Å². The van der Waals surface area contributed by atoms with E-state index in [1.165, 1.54) is 38.6 Å². The zero-order valence-corrected chi connectivity index (χ0v) is 15.3. The number of nitrogens with zero attached hydrogens (tertiary/aromatic N) is 1. The maximum atomic E-state index is 12.1. The predicted octanol–water partition coefficient (Wildman–Crippen LogP) is 1.28. The van der Waals surface area contributed by atoms with Crippen molar-refractivity contribution in [3.05, 3.63) is 59.2 Å². The lowest BCUT2D eigenvalue weighted by Crippen LogP contribution is -2.34. The van der Waals surface area contributed by atoms with Crippen molar-refractivity contribution in [3.8, 4) is 11.5 Å². The summed E-state index contributed by atoms with van der Waals surface area (Å²) in [6, 6.07) is 10.6. The lowest BCUT2D eigenvalue weighted by molar-refractivity contribution is -0.120. The van der Waals surface area contributed by atoms with Crippen molar-refractivity contribution in [2.24, 2.45) is 5.10 Å². The number of carbonyl (C=O) groups is 3. The number of methoxy groups -OCH3 is 2. The molecule has 2 rings (SSSR count). The Kier molecular flexibility index (Phi) is 7.09. The molecule has 0 bridgehead atoms. The molecular formula is C19H19N3O6. The topological polar surface area (TPSA) is 126 Å². The van der Waals surface area contributed by atoms with Crippen molar-refractivity contribution in [2.75, 3.05) is 20.8 Å². The Morgan fingerprint density at radius 2 is 1.64 bits per heavy atom. The van der Waals surface area contributed by atoms with E-state index in [0.29, 0.717) is 22.6 Å². The van der Waals surface area contributed by atoms with Crippen LogP contribution in [0.25, 0.3) is 0 Å². The van der Waals surface area contributed by atoms with Gasteiger partial charge in [-0.3, -0.25) is 9.59 Å². The molecule has 9 heteroatoms. The van der Waals surface area contributed by atoms with E-state index in [4.69, 9.17) is 14.6 Å². The van der Waals surface area contributed by atoms with E-state index in [1.807, 2.05) is 0 Å². The molecular weight excluding hydrogens is 366 g/mol. The highest BCUT2D eigenvalue weighted by Crippen LogP contribution is 2.27. The van der Waals surface area contributed by atoms with Crippen molar-refractivity contribution in [3.63, 3.8) is 0 Å². The summed E-state index contributed by atoms with van der Waals surface area (Å²) in [5, 5.41) is 15.1. The lowest BCUT2D eigenvalue weighted by Gasteiger charge is -2.09. The van der Waals surface area contributed by atoms with E-state index >= 15 is 0 Å². The number of hydrazone groups is 1. The lowest BCUT2D eigenvalue weighted by atomic mass is 10.1. The fourth-order valence-corrected chi connectivity index (χ4v) is 2.17. The molecule has 0 unspecified atom stereocenters. The van der Waals surface area contributed by atoms with Gasteiger partial charge in [0.15, 0.2) is 11.5 Å². The first-order valence-electron chi connectivity index (χ1n) is 8.10. The summed E-state index contributed by atoms with van der Waals surface area (Å²) in [7, 11) is 2.95. The minimum absolute atomic E-state index is 0.152. The maximum Gasteiger partial charge on any atom is 0.335 e. The molecule has 0 saturated heterocycles. The standard InChI is InChI=1S/C19H19N3O6/c1-27-15-8-7-14(9-16(15)28-2)18(24)20-11-17(23)22-21-10-12-3-5-13(6-4-12)19(25)26/h3-10H,11H2,1-2H3,(H,20,24)(H,22,23)(H,25,26)/b21-10-. The Morgan fingerprint density at radius 1 is 1.00 bits per heavy atom. The average Bonchev–Trinajstić information content (AvgIpc) is 2.71. The third-order valence-corrected chi connectivity index (χ3v) is 3.62. The van der Waals surface area contributed by atoms with Gasteiger partial charge in [-0.2, -0.15) is 5.10 Å². The van der Waals surface area contributed by atoms with Gasteiger partial charge >= 0.3 is 5.97 Å². The van der Waals surface area contributed by atoms with Crippen LogP contribution in [0, 0.1) is 0 Å². The molecule has 0 aliphatic rings. The number of nitrogens with one attached hydrogen (secondary N) is 2. The van der Waals surface area contributed by atoms with Crippen LogP contribution in [0.15, 0.2) is 47.6 Å². The summed E-state index contributed by atoms with van der Waals surface area (Å²) in [4.78, 5) is 34.7. The molecule has 0 atom stereocenters. The van der Waals surface area contributed by atoms with Crippen LogP contribution >= 0.6 is 0 Å². The molecule has 0 aromatic heterocycles. The minimum Gasteiger partial charge on any atom is -0.493 e. The van der Waals surface area contributed by atoms with Crippen LogP contribution in [0.3, 0.4) is 0 Å². The largest absolute Gasteiger partial charge is 0.493 e. The number of carboxylic acid groups (broad SMARTS) is 1. The van der Waals surface area contributed by atoms with E-state index in [1.54, 1.807) is 24.3 Å². The highest BCUT2D eigenvalue weighted by molar-refractivity contribution is 5.97. The first-order valence-corrected chi connectivity index (χ1v) is 8.10. The van der Waals surface area contributed by atoms with Gasteiger partial charge < -0.3 is 19.9 Å². The van der Waals surface area contributed by atoms with E-state index in [-0.39, 0.29) is 12.1 Å². The van der Waals surface area contributed by atoms with E-state index in [0.717, 1.165) is 0 Å². The number of hydrogen-bond acceptors (Lipinski definition) is 6. The summed E-state index contributed by atoms with van der Waals surface area (Å²) in [5.41, 5.74) is 3.35. The van der Waals surface area contributed by atoms with E-state index in [2.05, 4.69) is 15.8 Å². The Balaban J connectivity index is 1.84. The second-order valence-electron chi connectivity index (χ2n) is 5.47. The molecule has 0 fully saturated rings. The SMILES string of the molecule is COc1ccc(C(=O)NCC(=O)N/N=C\c2ccc(C(=O)O)cc2)cc1OC. The summed E-state index contributed by atoms with van der Waals surface area (Å²) in [6.45, 7) is -0.275. The summed E-state index contributed by atoms with van der Waals surface area (Å²) >= 11 is 0. The van der Waals surface area contributed by atoms with Gasteiger partial charge in [-0.05, 0) is 35.9 Å². The highest BCUT2D eigenvalue weighted by atomic mass is 16.5. The van der Waals surface area contributed by atoms with Crippen LogP contribution in [0.4, 0.5) is 0 Å². The normalized spacial score (nSPS) is 10.4. The summed E-state index contributed by atoms with van der Waals surface area (Å²) in [6.07, 6.45) is 1.36. The quantitative estimate of drug-likeness (QED) is 0.464. The number of benzene rings is 2. The van der Waals surface area contributed by atoms with Gasteiger partial charge in [-0.1, -0.05) is 12.1 Å². The second-order valence-corrected chi connectivity index (χ2v) is 5.47. The van der Waals surface area contributed by atoms with Crippen molar-refractivity contribution in [2.45, 2.75) is 0 Å². The number of aromatic carboxylic acids is 1. The van der Waals surface area contributed by atoms with Crippen molar-refractivity contribution in [1.82, 2.24) is 10.7 Å². The number of amides is 2. The molecule has 0 radical (unpaired) electrons. The molecule has 0 spiro atoms. The van der Waals surface area contributed by atoms with Crippen molar-refractivity contribution >= 4 is 24.0 Å². The number of hydrogen-bond donors (Lipinski definition) is 3. The van der Waals surface area contributed by atoms with Gasteiger partial charge in [0.05, 0.1) is 32.5 Å². The third-order valence-electron chi connectivity index (χ3n) is 3.62. The summed E-state index contributed by atoms with van der Waals surface area (Å²) < 4.78 is 10.2. The number of carbonyl (C=O) groups excluding carboxylic acids is 2. The average molecular weight is 385 g/mol. The Morgan fingerprint density at radius 3 is 2.25 bits per heavy atom. The van der Waals surface area contributed by atoms with Crippen molar-refractivity contribution < 1.29 is 29.0 Å². The number of rotatable bonds is 8. The van der Waals surface area contributed by atoms with Crippen LogP contribution in [0.5, 0.6) is 11.5 Å².